The molecule has 2 rings (SSSR count). The second-order valence-electron chi connectivity index (χ2n) is 7.04. The molecule has 4 heteroatoms. The minimum absolute atomic E-state index is 0.0773. The molecule has 4 nitrogen and oxygen atoms in total. The molecule has 0 fully saturated rings. The fraction of sp³-hybridized carbons (Fsp3) is 0.429. The van der Waals surface area contributed by atoms with Crippen LogP contribution in [0.5, 0.6) is 0 Å². The Morgan fingerprint density at radius 3 is 2.48 bits per heavy atom. The maximum absolute atomic E-state index is 12.9. The van der Waals surface area contributed by atoms with E-state index >= 15 is 0 Å². The van der Waals surface area contributed by atoms with Crippen LogP contribution in [0.15, 0.2) is 42.6 Å². The number of aromatic nitrogens is 1. The van der Waals surface area contributed by atoms with Gasteiger partial charge in [0.05, 0.1) is 11.7 Å². The Bertz CT molecular complexity index is 698. The van der Waals surface area contributed by atoms with E-state index in [4.69, 9.17) is 0 Å². The number of carbonyl (C=O) groups is 1. The molecule has 134 valence electrons. The van der Waals surface area contributed by atoms with E-state index in [0.29, 0.717) is 12.5 Å². The molecule has 0 aliphatic heterocycles. The van der Waals surface area contributed by atoms with Gasteiger partial charge in [0.25, 0.3) is 0 Å². The monoisotopic (exact) mass is 339 g/mol. The molecule has 1 aromatic carbocycles. The summed E-state index contributed by atoms with van der Waals surface area (Å²) in [6, 6.07) is 11.7. The number of aryl methyl sites for hydroxylation is 2. The van der Waals surface area contributed by atoms with Crippen LogP contribution in [0.3, 0.4) is 0 Å². The molecule has 2 aromatic rings. The Balaban J connectivity index is 2.18. The van der Waals surface area contributed by atoms with E-state index in [1.54, 1.807) is 6.20 Å². The molecular weight excluding hydrogens is 310 g/mol. The lowest BCUT2D eigenvalue weighted by Crippen LogP contribution is -2.38. The van der Waals surface area contributed by atoms with E-state index in [1.165, 1.54) is 11.1 Å². The lowest BCUT2D eigenvalue weighted by molar-refractivity contribution is 0.187. The minimum Gasteiger partial charge on any atom is -0.316 e. The number of nitrogens with zero attached hydrogens (tertiary/aromatic N) is 2. The third-order valence-corrected chi connectivity index (χ3v) is 4.55. The van der Waals surface area contributed by atoms with Crippen molar-refractivity contribution < 1.29 is 4.79 Å². The van der Waals surface area contributed by atoms with Gasteiger partial charge in [-0.1, -0.05) is 26.0 Å². The Morgan fingerprint density at radius 1 is 1.12 bits per heavy atom. The zero-order valence-corrected chi connectivity index (χ0v) is 15.9. The fourth-order valence-corrected chi connectivity index (χ4v) is 2.67. The van der Waals surface area contributed by atoms with E-state index in [1.807, 2.05) is 48.2 Å². The van der Waals surface area contributed by atoms with E-state index in [2.05, 4.69) is 38.0 Å². The average molecular weight is 339 g/mol. The van der Waals surface area contributed by atoms with Gasteiger partial charge in [0.15, 0.2) is 0 Å². The van der Waals surface area contributed by atoms with Crippen LogP contribution in [0.4, 0.5) is 10.5 Å². The van der Waals surface area contributed by atoms with Gasteiger partial charge in [-0.05, 0) is 68.5 Å². The molecule has 0 aliphatic rings. The van der Waals surface area contributed by atoms with Crippen molar-refractivity contribution in [1.82, 2.24) is 9.88 Å². The summed E-state index contributed by atoms with van der Waals surface area (Å²) in [5.74, 6) is 0.535. The third kappa shape index (κ3) is 5.31. The van der Waals surface area contributed by atoms with Crippen molar-refractivity contribution in [2.75, 3.05) is 11.9 Å². The first-order valence-electron chi connectivity index (χ1n) is 8.94. The maximum atomic E-state index is 12.9. The third-order valence-electron chi connectivity index (χ3n) is 4.55. The molecule has 2 amide bonds. The normalized spacial score (nSPS) is 12.1. The summed E-state index contributed by atoms with van der Waals surface area (Å²) in [4.78, 5) is 19.2. The van der Waals surface area contributed by atoms with Crippen molar-refractivity contribution in [1.29, 1.82) is 0 Å². The number of benzene rings is 1. The Morgan fingerprint density at radius 2 is 1.88 bits per heavy atom. The van der Waals surface area contributed by atoms with Crippen LogP contribution in [-0.2, 0) is 0 Å². The molecule has 0 unspecified atom stereocenters. The van der Waals surface area contributed by atoms with Gasteiger partial charge in [-0.3, -0.25) is 4.98 Å². The van der Waals surface area contributed by atoms with E-state index < -0.39 is 0 Å². The van der Waals surface area contributed by atoms with Crippen molar-refractivity contribution in [3.63, 3.8) is 0 Å². The molecule has 1 atom stereocenters. The molecule has 0 aliphatic carbocycles. The van der Waals surface area contributed by atoms with Crippen molar-refractivity contribution in [2.24, 2.45) is 5.92 Å². The summed E-state index contributed by atoms with van der Waals surface area (Å²) in [5, 5.41) is 3.04. The molecule has 1 heterocycles. The smallest absolute Gasteiger partial charge is 0.316 e. The van der Waals surface area contributed by atoms with Crippen molar-refractivity contribution in [3.8, 4) is 0 Å². The summed E-state index contributed by atoms with van der Waals surface area (Å²) < 4.78 is 0. The molecular formula is C21H29N3O. The van der Waals surface area contributed by atoms with Crippen LogP contribution in [-0.4, -0.2) is 22.5 Å². The highest BCUT2D eigenvalue weighted by Gasteiger charge is 2.22. The quantitative estimate of drug-likeness (QED) is 0.772. The molecule has 1 aromatic heterocycles. The van der Waals surface area contributed by atoms with Crippen LogP contribution in [0, 0.1) is 19.8 Å². The van der Waals surface area contributed by atoms with E-state index in [0.717, 1.165) is 17.8 Å². The molecule has 1 N–H and O–H groups in total. The standard InChI is InChI=1S/C21H29N3O/c1-15(2)11-13-24(18(5)20-8-6-7-12-22-20)21(25)23-19-10-9-16(3)17(4)14-19/h6-10,12,14-15,18H,11,13H2,1-5H3,(H,23,25)/t18-/m1/s1. The molecule has 0 saturated carbocycles. The number of hydrogen-bond donors (Lipinski definition) is 1. The number of anilines is 1. The molecule has 0 spiro atoms. The SMILES string of the molecule is Cc1ccc(NC(=O)N(CCC(C)C)[C@H](C)c2ccccn2)cc1C. The summed E-state index contributed by atoms with van der Waals surface area (Å²) in [7, 11) is 0. The number of nitrogens with one attached hydrogen (secondary N) is 1. The van der Waals surface area contributed by atoms with Crippen LogP contribution >= 0.6 is 0 Å². The van der Waals surface area contributed by atoms with Gasteiger partial charge in [0.2, 0.25) is 0 Å². The lowest BCUT2D eigenvalue weighted by atomic mass is 10.1. The van der Waals surface area contributed by atoms with E-state index in [9.17, 15) is 4.79 Å². The Kier molecular flexibility index (Phi) is 6.57. The van der Waals surface area contributed by atoms with Crippen molar-refractivity contribution >= 4 is 11.7 Å². The number of carbonyl (C=O) groups excluding carboxylic acids is 1. The first-order chi connectivity index (χ1) is 11.9. The Labute approximate surface area is 151 Å². The summed E-state index contributed by atoms with van der Waals surface area (Å²) in [6.45, 7) is 11.2. The molecule has 0 radical (unpaired) electrons. The zero-order valence-electron chi connectivity index (χ0n) is 15.9. The Hall–Kier alpha value is -2.36. The average Bonchev–Trinajstić information content (AvgIpc) is 2.58. The maximum Gasteiger partial charge on any atom is 0.322 e. The fourth-order valence-electron chi connectivity index (χ4n) is 2.67. The second-order valence-corrected chi connectivity index (χ2v) is 7.04. The van der Waals surface area contributed by atoms with E-state index in [-0.39, 0.29) is 12.1 Å². The second kappa shape index (κ2) is 8.65. The van der Waals surface area contributed by atoms with Gasteiger partial charge in [0, 0.05) is 18.4 Å². The van der Waals surface area contributed by atoms with Gasteiger partial charge >= 0.3 is 6.03 Å². The lowest BCUT2D eigenvalue weighted by Gasteiger charge is -2.30. The predicted molar refractivity (Wildman–Crippen MR) is 104 cm³/mol. The number of amides is 2. The number of hydrogen-bond acceptors (Lipinski definition) is 2. The molecule has 25 heavy (non-hydrogen) atoms. The highest BCUT2D eigenvalue weighted by Crippen LogP contribution is 2.22. The summed E-state index contributed by atoms with van der Waals surface area (Å²) in [5.41, 5.74) is 4.12. The highest BCUT2D eigenvalue weighted by molar-refractivity contribution is 5.89. The van der Waals surface area contributed by atoms with Crippen LogP contribution in [0.25, 0.3) is 0 Å². The van der Waals surface area contributed by atoms with Crippen LogP contribution in [0.2, 0.25) is 0 Å². The number of urea groups is 1. The van der Waals surface area contributed by atoms with Gasteiger partial charge < -0.3 is 10.2 Å². The predicted octanol–water partition coefficient (Wildman–Crippen LogP) is 5.34. The number of rotatable bonds is 6. The van der Waals surface area contributed by atoms with Crippen LogP contribution < -0.4 is 5.32 Å². The van der Waals surface area contributed by atoms with Crippen molar-refractivity contribution in [2.45, 2.75) is 47.1 Å². The highest BCUT2D eigenvalue weighted by atomic mass is 16.2. The van der Waals surface area contributed by atoms with Crippen LogP contribution in [0.1, 0.15) is 50.1 Å². The van der Waals surface area contributed by atoms with Gasteiger partial charge in [-0.15, -0.1) is 0 Å². The van der Waals surface area contributed by atoms with Gasteiger partial charge in [0.1, 0.15) is 0 Å². The van der Waals surface area contributed by atoms with Crippen molar-refractivity contribution in [3.05, 3.63) is 59.4 Å². The molecule has 0 bridgehead atoms. The van der Waals surface area contributed by atoms with Gasteiger partial charge in [-0.25, -0.2) is 4.79 Å². The zero-order chi connectivity index (χ0) is 18.4. The largest absolute Gasteiger partial charge is 0.322 e. The first kappa shape index (κ1) is 19.0. The molecule has 0 saturated heterocycles. The summed E-state index contributed by atoms with van der Waals surface area (Å²) in [6.07, 6.45) is 2.73. The van der Waals surface area contributed by atoms with Gasteiger partial charge in [-0.2, -0.15) is 0 Å². The first-order valence-corrected chi connectivity index (χ1v) is 8.94. The minimum atomic E-state index is -0.0814. The topological polar surface area (TPSA) is 45.2 Å². The number of pyridine rings is 1. The summed E-state index contributed by atoms with van der Waals surface area (Å²) >= 11 is 0.